The second-order valence-electron chi connectivity index (χ2n) is 5.38. The molecule has 1 amide bonds. The highest BCUT2D eigenvalue weighted by molar-refractivity contribution is 14.1. The summed E-state index contributed by atoms with van der Waals surface area (Å²) in [6.45, 7) is 1.25. The van der Waals surface area contributed by atoms with E-state index in [-0.39, 0.29) is 5.69 Å². The number of amides is 1. The molecule has 0 heterocycles. The molecule has 5 nitrogen and oxygen atoms in total. The second kappa shape index (κ2) is 7.65. The molecule has 1 N–H and O–H groups in total. The van der Waals surface area contributed by atoms with Gasteiger partial charge in [-0.25, -0.2) is 17.2 Å². The topological polar surface area (TPSA) is 66.5 Å². The van der Waals surface area contributed by atoms with E-state index in [9.17, 15) is 22.0 Å². The third-order valence-electron chi connectivity index (χ3n) is 3.34. The Kier molecular flexibility index (Phi) is 5.99. The van der Waals surface area contributed by atoms with E-state index in [0.29, 0.717) is 9.99 Å². The van der Waals surface area contributed by atoms with Crippen molar-refractivity contribution < 1.29 is 22.0 Å². The third-order valence-corrected chi connectivity index (χ3v) is 5.15. The highest BCUT2D eigenvalue weighted by Gasteiger charge is 2.22. The number of sulfonamides is 1. The monoisotopic (exact) mass is 480 g/mol. The molecule has 0 fully saturated rings. The lowest BCUT2D eigenvalue weighted by Crippen LogP contribution is -2.37. The number of nitrogens with zero attached hydrogens (tertiary/aromatic N) is 1. The molecule has 0 saturated carbocycles. The van der Waals surface area contributed by atoms with Gasteiger partial charge in [0.2, 0.25) is 15.9 Å². The zero-order valence-electron chi connectivity index (χ0n) is 13.4. The fraction of sp³-hybridized carbons (Fsp3) is 0.188. The summed E-state index contributed by atoms with van der Waals surface area (Å²) in [6, 6.07) is 8.01. The van der Waals surface area contributed by atoms with Gasteiger partial charge in [-0.15, -0.1) is 0 Å². The van der Waals surface area contributed by atoms with E-state index in [1.54, 1.807) is 12.1 Å². The maximum absolute atomic E-state index is 13.4. The van der Waals surface area contributed by atoms with Gasteiger partial charge >= 0.3 is 0 Å². The van der Waals surface area contributed by atoms with E-state index in [1.165, 1.54) is 0 Å². The predicted molar refractivity (Wildman–Crippen MR) is 101 cm³/mol. The minimum absolute atomic E-state index is 0.129. The number of rotatable bonds is 5. The highest BCUT2D eigenvalue weighted by atomic mass is 127. The molecule has 0 bridgehead atoms. The van der Waals surface area contributed by atoms with E-state index in [0.717, 1.165) is 33.6 Å². The van der Waals surface area contributed by atoms with Crippen LogP contribution in [0.1, 0.15) is 5.56 Å². The Morgan fingerprint density at radius 2 is 1.84 bits per heavy atom. The van der Waals surface area contributed by atoms with Crippen LogP contribution in [-0.2, 0) is 14.8 Å². The lowest BCUT2D eigenvalue weighted by molar-refractivity contribution is -0.114. The molecule has 0 radical (unpaired) electrons. The van der Waals surface area contributed by atoms with Gasteiger partial charge in [0.1, 0.15) is 6.54 Å². The minimum Gasteiger partial charge on any atom is -0.324 e. The quantitative estimate of drug-likeness (QED) is 0.669. The van der Waals surface area contributed by atoms with Crippen LogP contribution in [0.3, 0.4) is 0 Å². The van der Waals surface area contributed by atoms with E-state index >= 15 is 0 Å². The van der Waals surface area contributed by atoms with Crippen molar-refractivity contribution in [1.82, 2.24) is 0 Å². The largest absolute Gasteiger partial charge is 0.324 e. The summed E-state index contributed by atoms with van der Waals surface area (Å²) in [5, 5.41) is 2.62. The Morgan fingerprint density at radius 1 is 1.16 bits per heavy atom. The van der Waals surface area contributed by atoms with Gasteiger partial charge < -0.3 is 5.32 Å². The Labute approximate surface area is 158 Å². The van der Waals surface area contributed by atoms with Crippen LogP contribution in [-0.4, -0.2) is 27.1 Å². The summed E-state index contributed by atoms with van der Waals surface area (Å²) in [6.07, 6.45) is 0.887. The van der Waals surface area contributed by atoms with Crippen molar-refractivity contribution in [3.05, 3.63) is 57.2 Å². The van der Waals surface area contributed by atoms with Crippen LogP contribution in [0.4, 0.5) is 20.2 Å². The van der Waals surface area contributed by atoms with Gasteiger partial charge in [-0.3, -0.25) is 9.10 Å². The van der Waals surface area contributed by atoms with E-state index in [4.69, 9.17) is 0 Å². The number of carbonyl (C=O) groups is 1. The van der Waals surface area contributed by atoms with Crippen LogP contribution < -0.4 is 9.62 Å². The number of benzene rings is 2. The summed E-state index contributed by atoms with van der Waals surface area (Å²) < 4.78 is 52.1. The molecule has 0 atom stereocenters. The van der Waals surface area contributed by atoms with Crippen LogP contribution in [0.15, 0.2) is 36.4 Å². The Hall–Kier alpha value is -1.75. The molecular formula is C16H15F2IN2O3S. The highest BCUT2D eigenvalue weighted by Crippen LogP contribution is 2.21. The molecule has 0 aromatic heterocycles. The van der Waals surface area contributed by atoms with E-state index in [2.05, 4.69) is 27.9 Å². The SMILES string of the molecule is Cc1cc(I)ccc1NC(=O)CN(c1ccc(F)c(F)c1)S(C)(=O)=O. The molecule has 0 spiro atoms. The van der Waals surface area contributed by atoms with Gasteiger partial charge in [-0.1, -0.05) is 0 Å². The number of hydrogen-bond donors (Lipinski definition) is 1. The van der Waals surface area contributed by atoms with Gasteiger partial charge in [0.25, 0.3) is 0 Å². The third kappa shape index (κ3) is 5.11. The molecule has 9 heteroatoms. The van der Waals surface area contributed by atoms with Gasteiger partial charge in [0.05, 0.1) is 11.9 Å². The van der Waals surface area contributed by atoms with Gasteiger partial charge in [0.15, 0.2) is 11.6 Å². The average molecular weight is 480 g/mol. The van der Waals surface area contributed by atoms with E-state index < -0.39 is 34.1 Å². The fourth-order valence-corrected chi connectivity index (χ4v) is 3.62. The summed E-state index contributed by atoms with van der Waals surface area (Å²) in [5.74, 6) is -2.89. The number of halogens is 3. The lowest BCUT2D eigenvalue weighted by Gasteiger charge is -2.22. The number of hydrogen-bond acceptors (Lipinski definition) is 3. The molecule has 0 aliphatic heterocycles. The predicted octanol–water partition coefficient (Wildman–Crippen LogP) is 3.28. The first-order valence-electron chi connectivity index (χ1n) is 7.06. The fourth-order valence-electron chi connectivity index (χ4n) is 2.13. The van der Waals surface area contributed by atoms with Crippen LogP contribution in [0.2, 0.25) is 0 Å². The molecule has 134 valence electrons. The molecule has 0 saturated heterocycles. The second-order valence-corrected chi connectivity index (χ2v) is 8.53. The summed E-state index contributed by atoms with van der Waals surface area (Å²) in [4.78, 5) is 12.2. The Balaban J connectivity index is 2.25. The zero-order valence-corrected chi connectivity index (χ0v) is 16.4. The number of nitrogens with one attached hydrogen (secondary N) is 1. The standard InChI is InChI=1S/C16H15F2IN2O3S/c1-10-7-11(19)3-6-15(10)20-16(22)9-21(25(2,23)24)12-4-5-13(17)14(18)8-12/h3-8H,9H2,1-2H3,(H,20,22). The molecular weight excluding hydrogens is 465 g/mol. The van der Waals surface area contributed by atoms with Crippen LogP contribution in [0.5, 0.6) is 0 Å². The summed E-state index contributed by atoms with van der Waals surface area (Å²) >= 11 is 2.13. The van der Waals surface area contributed by atoms with Crippen molar-refractivity contribution >= 4 is 49.9 Å². The van der Waals surface area contributed by atoms with Crippen molar-refractivity contribution in [2.45, 2.75) is 6.92 Å². The first-order valence-corrected chi connectivity index (χ1v) is 9.99. The van der Waals surface area contributed by atoms with Gasteiger partial charge in [0, 0.05) is 15.3 Å². The zero-order chi connectivity index (χ0) is 18.8. The van der Waals surface area contributed by atoms with Crippen molar-refractivity contribution in [2.24, 2.45) is 0 Å². The molecule has 2 aromatic rings. The first-order chi connectivity index (χ1) is 11.6. The minimum atomic E-state index is -3.87. The number of aryl methyl sites for hydroxylation is 1. The van der Waals surface area contributed by atoms with Crippen molar-refractivity contribution in [3.63, 3.8) is 0 Å². The molecule has 2 rings (SSSR count). The Bertz CT molecular complexity index is 920. The smallest absolute Gasteiger partial charge is 0.245 e. The maximum atomic E-state index is 13.4. The van der Waals surface area contributed by atoms with Crippen LogP contribution >= 0.6 is 22.6 Å². The maximum Gasteiger partial charge on any atom is 0.245 e. The number of anilines is 2. The van der Waals surface area contributed by atoms with E-state index in [1.807, 2.05) is 13.0 Å². The first kappa shape index (κ1) is 19.6. The van der Waals surface area contributed by atoms with Gasteiger partial charge in [-0.2, -0.15) is 0 Å². The van der Waals surface area contributed by atoms with Gasteiger partial charge in [-0.05, 0) is 65.4 Å². The lowest BCUT2D eigenvalue weighted by atomic mass is 10.2. The molecule has 0 aliphatic carbocycles. The number of carbonyl (C=O) groups excluding carboxylic acids is 1. The Morgan fingerprint density at radius 3 is 2.40 bits per heavy atom. The van der Waals surface area contributed by atoms with Crippen molar-refractivity contribution in [2.75, 3.05) is 22.4 Å². The average Bonchev–Trinajstić information content (AvgIpc) is 2.49. The van der Waals surface area contributed by atoms with Crippen LogP contribution in [0.25, 0.3) is 0 Å². The molecule has 0 aliphatic rings. The molecule has 25 heavy (non-hydrogen) atoms. The van der Waals surface area contributed by atoms with Crippen LogP contribution in [0, 0.1) is 22.1 Å². The molecule has 0 unspecified atom stereocenters. The summed E-state index contributed by atoms with van der Waals surface area (Å²) in [7, 11) is -3.87. The van der Waals surface area contributed by atoms with Crippen molar-refractivity contribution in [3.8, 4) is 0 Å². The normalized spacial score (nSPS) is 11.2. The van der Waals surface area contributed by atoms with Crippen molar-refractivity contribution in [1.29, 1.82) is 0 Å². The summed E-state index contributed by atoms with van der Waals surface area (Å²) in [5.41, 5.74) is 1.24. The molecule has 2 aromatic carbocycles.